The van der Waals surface area contributed by atoms with E-state index in [9.17, 15) is 9.59 Å². The lowest BCUT2D eigenvalue weighted by molar-refractivity contribution is -0.129. The zero-order valence-corrected chi connectivity index (χ0v) is 14.2. The van der Waals surface area contributed by atoms with Gasteiger partial charge in [-0.25, -0.2) is 0 Å². The van der Waals surface area contributed by atoms with Crippen LogP contribution in [0.2, 0.25) is 5.02 Å². The van der Waals surface area contributed by atoms with Gasteiger partial charge in [0.2, 0.25) is 5.91 Å². The molecular weight excluding hydrogens is 322 g/mol. The van der Waals surface area contributed by atoms with Gasteiger partial charge in [0.1, 0.15) is 5.92 Å². The van der Waals surface area contributed by atoms with Gasteiger partial charge in [0.15, 0.2) is 5.78 Å². The average molecular weight is 340 g/mol. The van der Waals surface area contributed by atoms with Gasteiger partial charge < -0.3 is 4.90 Å². The number of benzene rings is 2. The smallest absolute Gasteiger partial charge is 0.238 e. The molecular formula is C20H18ClNO2. The Balaban J connectivity index is 1.72. The number of likely N-dealkylation sites (tertiary alicyclic amines) is 1. The van der Waals surface area contributed by atoms with Crippen LogP contribution in [0.15, 0.2) is 42.5 Å². The van der Waals surface area contributed by atoms with Gasteiger partial charge in [-0.05, 0) is 60.2 Å². The van der Waals surface area contributed by atoms with Crippen LogP contribution in [0.25, 0.3) is 11.1 Å². The molecule has 1 atom stereocenters. The first-order valence-corrected chi connectivity index (χ1v) is 8.62. The first-order valence-electron chi connectivity index (χ1n) is 8.24. The van der Waals surface area contributed by atoms with Gasteiger partial charge in [0.25, 0.3) is 0 Å². The van der Waals surface area contributed by atoms with Gasteiger partial charge >= 0.3 is 0 Å². The van der Waals surface area contributed by atoms with Crippen molar-refractivity contribution in [1.29, 1.82) is 0 Å². The van der Waals surface area contributed by atoms with Crippen LogP contribution in [0.4, 0.5) is 0 Å². The minimum absolute atomic E-state index is 0.0169. The number of ketones is 1. The van der Waals surface area contributed by atoms with E-state index in [2.05, 4.69) is 0 Å². The Morgan fingerprint density at radius 1 is 1.00 bits per heavy atom. The summed E-state index contributed by atoms with van der Waals surface area (Å²) >= 11 is 5.95. The molecule has 3 nitrogen and oxygen atoms in total. The summed E-state index contributed by atoms with van der Waals surface area (Å²) in [6, 6.07) is 13.9. The number of aryl methyl sites for hydroxylation is 1. The largest absolute Gasteiger partial charge is 0.331 e. The molecule has 4 heteroatoms. The van der Waals surface area contributed by atoms with Gasteiger partial charge in [0.05, 0.1) is 6.54 Å². The maximum Gasteiger partial charge on any atom is 0.238 e. The Labute approximate surface area is 146 Å². The topological polar surface area (TPSA) is 37.4 Å². The van der Waals surface area contributed by atoms with Crippen molar-refractivity contribution in [3.63, 3.8) is 0 Å². The summed E-state index contributed by atoms with van der Waals surface area (Å²) in [7, 11) is 0. The number of carbonyl (C=O) groups excluding carboxylic acids is 2. The van der Waals surface area contributed by atoms with Crippen LogP contribution in [0.1, 0.15) is 29.9 Å². The number of nitrogens with zero attached hydrogens (tertiary/aromatic N) is 1. The normalized spacial score (nSPS) is 20.8. The van der Waals surface area contributed by atoms with Crippen LogP contribution in [0.3, 0.4) is 0 Å². The molecule has 0 spiro atoms. The number of hydrogen-bond donors (Lipinski definition) is 0. The average Bonchev–Trinajstić information content (AvgIpc) is 3.36. The SMILES string of the molecule is Cc1ccc(-c2ccc(Cl)cc2)cc1C1C(=O)CN(C2CC2)C1=O. The highest BCUT2D eigenvalue weighted by Gasteiger charge is 2.46. The van der Waals surface area contributed by atoms with E-state index in [4.69, 9.17) is 11.6 Å². The fourth-order valence-corrected chi connectivity index (χ4v) is 3.54. The highest BCUT2D eigenvalue weighted by Crippen LogP contribution is 2.37. The van der Waals surface area contributed by atoms with Crippen LogP contribution in [0, 0.1) is 6.92 Å². The third-order valence-electron chi connectivity index (χ3n) is 4.93. The molecule has 0 aromatic heterocycles. The highest BCUT2D eigenvalue weighted by atomic mass is 35.5. The molecule has 4 rings (SSSR count). The van der Waals surface area contributed by atoms with Gasteiger partial charge in [-0.3, -0.25) is 9.59 Å². The molecule has 1 aliphatic heterocycles. The predicted molar refractivity (Wildman–Crippen MR) is 94.1 cm³/mol. The lowest BCUT2D eigenvalue weighted by Gasteiger charge is -2.16. The standard InChI is InChI=1S/C20H18ClNO2/c1-12-2-3-14(13-4-6-15(21)7-5-13)10-17(12)19-18(23)11-22(20(19)24)16-8-9-16/h2-7,10,16,19H,8-9,11H2,1H3. The third kappa shape index (κ3) is 2.63. The minimum Gasteiger partial charge on any atom is -0.331 e. The molecule has 1 heterocycles. The molecule has 1 amide bonds. The molecule has 24 heavy (non-hydrogen) atoms. The van der Waals surface area contributed by atoms with E-state index in [1.807, 2.05) is 49.4 Å². The second kappa shape index (κ2) is 5.75. The van der Waals surface area contributed by atoms with Gasteiger partial charge in [-0.2, -0.15) is 0 Å². The Morgan fingerprint density at radius 3 is 2.33 bits per heavy atom. The molecule has 1 saturated heterocycles. The first-order chi connectivity index (χ1) is 11.5. The molecule has 2 fully saturated rings. The maximum atomic E-state index is 12.7. The Hall–Kier alpha value is -2.13. The van der Waals surface area contributed by atoms with Crippen LogP contribution < -0.4 is 0 Å². The van der Waals surface area contributed by atoms with Gasteiger partial charge in [0, 0.05) is 11.1 Å². The summed E-state index contributed by atoms with van der Waals surface area (Å²) in [5.41, 5.74) is 3.84. The van der Waals surface area contributed by atoms with E-state index in [-0.39, 0.29) is 24.3 Å². The molecule has 1 unspecified atom stereocenters. The second-order valence-corrected chi connectivity index (χ2v) is 7.11. The van der Waals surface area contributed by atoms with Gasteiger partial charge in [-0.15, -0.1) is 0 Å². The fourth-order valence-electron chi connectivity index (χ4n) is 3.42. The van der Waals surface area contributed by atoms with Crippen LogP contribution in [-0.4, -0.2) is 29.2 Å². The third-order valence-corrected chi connectivity index (χ3v) is 5.19. The summed E-state index contributed by atoms with van der Waals surface area (Å²) in [5, 5.41) is 0.687. The lowest BCUT2D eigenvalue weighted by Crippen LogP contribution is -2.29. The predicted octanol–water partition coefficient (Wildman–Crippen LogP) is 3.97. The highest BCUT2D eigenvalue weighted by molar-refractivity contribution is 6.30. The van der Waals surface area contributed by atoms with Crippen molar-refractivity contribution in [3.05, 3.63) is 58.6 Å². The first kappa shape index (κ1) is 15.4. The van der Waals surface area contributed by atoms with Crippen molar-refractivity contribution in [2.45, 2.75) is 31.7 Å². The van der Waals surface area contributed by atoms with E-state index in [0.29, 0.717) is 5.02 Å². The molecule has 1 saturated carbocycles. The number of rotatable bonds is 3. The summed E-state index contributed by atoms with van der Waals surface area (Å²) in [5.74, 6) is -0.653. The van der Waals surface area contributed by atoms with E-state index >= 15 is 0 Å². The van der Waals surface area contributed by atoms with E-state index in [1.54, 1.807) is 4.90 Å². The molecule has 0 N–H and O–H groups in total. The monoisotopic (exact) mass is 339 g/mol. The minimum atomic E-state index is -0.641. The van der Waals surface area contributed by atoms with Crippen molar-refractivity contribution in [1.82, 2.24) is 4.90 Å². The van der Waals surface area contributed by atoms with Crippen molar-refractivity contribution in [3.8, 4) is 11.1 Å². The van der Waals surface area contributed by atoms with Crippen LogP contribution >= 0.6 is 11.6 Å². The molecule has 0 bridgehead atoms. The second-order valence-electron chi connectivity index (χ2n) is 6.67. The zero-order chi connectivity index (χ0) is 16.8. The number of halogens is 1. The Bertz CT molecular complexity index is 824. The molecule has 122 valence electrons. The quantitative estimate of drug-likeness (QED) is 0.793. The molecule has 2 aromatic carbocycles. The number of amides is 1. The summed E-state index contributed by atoms with van der Waals surface area (Å²) in [6.45, 7) is 2.22. The van der Waals surface area contributed by atoms with E-state index in [1.165, 1.54) is 0 Å². The van der Waals surface area contributed by atoms with E-state index < -0.39 is 5.92 Å². The van der Waals surface area contributed by atoms with Crippen molar-refractivity contribution in [2.24, 2.45) is 0 Å². The fraction of sp³-hybridized carbons (Fsp3) is 0.300. The lowest BCUT2D eigenvalue weighted by atomic mass is 9.89. The Morgan fingerprint density at radius 2 is 1.67 bits per heavy atom. The summed E-state index contributed by atoms with van der Waals surface area (Å²) in [4.78, 5) is 27.0. The maximum absolute atomic E-state index is 12.7. The molecule has 2 aliphatic rings. The van der Waals surface area contributed by atoms with Gasteiger partial charge in [-0.1, -0.05) is 35.9 Å². The number of hydrogen-bond acceptors (Lipinski definition) is 2. The van der Waals surface area contributed by atoms with E-state index in [0.717, 1.165) is 35.1 Å². The van der Waals surface area contributed by atoms with Crippen molar-refractivity contribution in [2.75, 3.05) is 6.54 Å². The number of carbonyl (C=O) groups is 2. The van der Waals surface area contributed by atoms with Crippen molar-refractivity contribution < 1.29 is 9.59 Å². The molecule has 0 radical (unpaired) electrons. The van der Waals surface area contributed by atoms with Crippen LogP contribution in [-0.2, 0) is 9.59 Å². The van der Waals surface area contributed by atoms with Crippen molar-refractivity contribution >= 4 is 23.3 Å². The summed E-state index contributed by atoms with van der Waals surface area (Å²) in [6.07, 6.45) is 2.05. The molecule has 1 aliphatic carbocycles. The molecule has 2 aromatic rings. The summed E-state index contributed by atoms with van der Waals surface area (Å²) < 4.78 is 0. The van der Waals surface area contributed by atoms with Crippen LogP contribution in [0.5, 0.6) is 0 Å². The number of Topliss-reactive ketones (excluding diaryl/α,β-unsaturated/α-hetero) is 1. The zero-order valence-electron chi connectivity index (χ0n) is 13.5. The Kier molecular flexibility index (Phi) is 3.69.